The average Bonchev–Trinajstić information content (AvgIpc) is 3.16. The second kappa shape index (κ2) is 8.86. The van der Waals surface area contributed by atoms with E-state index in [1.165, 1.54) is 11.8 Å². The van der Waals surface area contributed by atoms with Gasteiger partial charge in [-0.2, -0.15) is 0 Å². The van der Waals surface area contributed by atoms with Crippen LogP contribution in [0, 0.1) is 0 Å². The van der Waals surface area contributed by atoms with Gasteiger partial charge in [-0.25, -0.2) is 8.42 Å². The van der Waals surface area contributed by atoms with Crippen molar-refractivity contribution in [3.8, 4) is 5.75 Å². The predicted octanol–water partition coefficient (Wildman–Crippen LogP) is 3.84. The maximum absolute atomic E-state index is 11.8. The number of hydrogen-bond donors (Lipinski definition) is 0. The molecule has 0 unspecified atom stereocenters. The van der Waals surface area contributed by atoms with Gasteiger partial charge in [0.05, 0.1) is 23.1 Å². The van der Waals surface area contributed by atoms with Crippen molar-refractivity contribution in [2.75, 3.05) is 23.9 Å². The Hall–Kier alpha value is -1.22. The average molecular weight is 448 g/mol. The van der Waals surface area contributed by atoms with Crippen LogP contribution in [0.25, 0.3) is 0 Å². The van der Waals surface area contributed by atoms with Crippen molar-refractivity contribution in [1.29, 1.82) is 0 Å². The van der Waals surface area contributed by atoms with Gasteiger partial charge in [-0.15, -0.1) is 16.8 Å². The molecule has 1 aliphatic heterocycles. The molecule has 2 aromatic rings. The Bertz CT molecular complexity index is 932. The molecule has 1 aliphatic rings. The van der Waals surface area contributed by atoms with Gasteiger partial charge in [-0.05, 0) is 24.6 Å². The van der Waals surface area contributed by atoms with Crippen LogP contribution in [-0.4, -0.2) is 47.0 Å². The summed E-state index contributed by atoms with van der Waals surface area (Å²) < 4.78 is 31.1. The van der Waals surface area contributed by atoms with Crippen molar-refractivity contribution in [1.82, 2.24) is 14.8 Å². The topological polar surface area (TPSA) is 74.1 Å². The zero-order valence-electron chi connectivity index (χ0n) is 14.5. The Morgan fingerprint density at radius 1 is 1.37 bits per heavy atom. The summed E-state index contributed by atoms with van der Waals surface area (Å²) in [6.45, 7) is 4.74. The maximum Gasteiger partial charge on any atom is 0.191 e. The zero-order valence-corrected chi connectivity index (χ0v) is 17.6. The molecule has 0 saturated carbocycles. The number of sulfone groups is 1. The molecule has 6 nitrogen and oxygen atoms in total. The minimum Gasteiger partial charge on any atom is -0.491 e. The molecule has 0 amide bonds. The lowest BCUT2D eigenvalue weighted by Gasteiger charge is -2.11. The summed E-state index contributed by atoms with van der Waals surface area (Å²) in [4.78, 5) is 0. The van der Waals surface area contributed by atoms with E-state index in [1.807, 2.05) is 4.57 Å². The van der Waals surface area contributed by atoms with E-state index in [0.717, 1.165) is 5.16 Å². The van der Waals surface area contributed by atoms with Gasteiger partial charge >= 0.3 is 0 Å². The number of rotatable bonds is 8. The number of thioether (sulfide) groups is 1. The highest BCUT2D eigenvalue weighted by atomic mass is 35.5. The molecule has 0 spiro atoms. The Labute approximate surface area is 172 Å². The predicted molar refractivity (Wildman–Crippen MR) is 109 cm³/mol. The summed E-state index contributed by atoms with van der Waals surface area (Å²) in [5.74, 6) is 2.14. The number of aromatic nitrogens is 3. The molecule has 1 saturated heterocycles. The monoisotopic (exact) mass is 447 g/mol. The quantitative estimate of drug-likeness (QED) is 0.347. The minimum absolute atomic E-state index is 0.110. The molecule has 0 aliphatic carbocycles. The summed E-state index contributed by atoms with van der Waals surface area (Å²) in [6.07, 6.45) is 2.34. The fourth-order valence-corrected chi connectivity index (χ4v) is 5.86. The molecule has 0 N–H and O–H groups in total. The van der Waals surface area contributed by atoms with E-state index >= 15 is 0 Å². The number of allylic oxidation sites excluding steroid dienone is 1. The molecule has 1 atom stereocenters. The van der Waals surface area contributed by atoms with Crippen molar-refractivity contribution < 1.29 is 13.2 Å². The Balaban J connectivity index is 1.62. The molecule has 146 valence electrons. The van der Waals surface area contributed by atoms with Crippen LogP contribution in [0.3, 0.4) is 0 Å². The molecule has 0 radical (unpaired) electrons. The van der Waals surface area contributed by atoms with E-state index in [9.17, 15) is 8.42 Å². The van der Waals surface area contributed by atoms with Gasteiger partial charge in [-0.1, -0.05) is 41.0 Å². The first-order chi connectivity index (χ1) is 12.9. The van der Waals surface area contributed by atoms with Gasteiger partial charge in [0, 0.05) is 23.2 Å². The van der Waals surface area contributed by atoms with E-state index in [-0.39, 0.29) is 17.4 Å². The van der Waals surface area contributed by atoms with Crippen LogP contribution in [0.1, 0.15) is 18.2 Å². The zero-order chi connectivity index (χ0) is 19.4. The van der Waals surface area contributed by atoms with E-state index in [4.69, 9.17) is 27.9 Å². The second-order valence-corrected chi connectivity index (χ2v) is 10.2. The Morgan fingerprint density at radius 2 is 2.19 bits per heavy atom. The van der Waals surface area contributed by atoms with Crippen LogP contribution < -0.4 is 4.74 Å². The van der Waals surface area contributed by atoms with Crippen molar-refractivity contribution in [3.05, 3.63) is 46.7 Å². The fourth-order valence-electron chi connectivity index (χ4n) is 2.88. The number of benzene rings is 1. The molecular weight excluding hydrogens is 429 g/mol. The molecule has 1 aromatic heterocycles. The lowest BCUT2D eigenvalue weighted by Crippen LogP contribution is -2.11. The number of ether oxygens (including phenoxy) is 1. The first kappa shape index (κ1) is 20.5. The summed E-state index contributed by atoms with van der Waals surface area (Å²) >= 11 is 13.5. The van der Waals surface area contributed by atoms with Crippen molar-refractivity contribution >= 4 is 44.8 Å². The van der Waals surface area contributed by atoms with Crippen LogP contribution >= 0.6 is 35.0 Å². The highest BCUT2D eigenvalue weighted by Gasteiger charge is 2.33. The third-order valence-corrected chi connectivity index (χ3v) is 7.35. The molecule has 27 heavy (non-hydrogen) atoms. The van der Waals surface area contributed by atoms with Crippen molar-refractivity contribution in [2.45, 2.75) is 24.0 Å². The second-order valence-electron chi connectivity index (χ2n) is 6.11. The molecule has 3 rings (SSSR count). The summed E-state index contributed by atoms with van der Waals surface area (Å²) in [5, 5.41) is 10.2. The normalized spacial score (nSPS) is 18.5. The molecule has 1 fully saturated rings. The number of hydrogen-bond acceptors (Lipinski definition) is 6. The van der Waals surface area contributed by atoms with Gasteiger partial charge in [-0.3, -0.25) is 0 Å². The Morgan fingerprint density at radius 3 is 2.85 bits per heavy atom. The Kier molecular flexibility index (Phi) is 6.73. The first-order valence-electron chi connectivity index (χ1n) is 8.34. The van der Waals surface area contributed by atoms with Gasteiger partial charge < -0.3 is 9.30 Å². The van der Waals surface area contributed by atoms with Gasteiger partial charge in [0.2, 0.25) is 0 Å². The highest BCUT2D eigenvalue weighted by molar-refractivity contribution is 7.99. The largest absolute Gasteiger partial charge is 0.491 e. The number of nitrogens with zero attached hydrogens (tertiary/aromatic N) is 3. The smallest absolute Gasteiger partial charge is 0.191 e. The third kappa shape index (κ3) is 5.19. The van der Waals surface area contributed by atoms with Crippen LogP contribution in [0.5, 0.6) is 5.75 Å². The van der Waals surface area contributed by atoms with Crippen LogP contribution in [-0.2, 0) is 16.4 Å². The molecular formula is C17H19Cl2N3O3S2. The van der Waals surface area contributed by atoms with Gasteiger partial charge in [0.15, 0.2) is 15.0 Å². The summed E-state index contributed by atoms with van der Waals surface area (Å²) in [7, 11) is -2.98. The SMILES string of the molecule is C=CCn1c(SCCOc2ccc(Cl)cc2Cl)nnc1[C@H]1CCS(=O)(=O)C1. The molecule has 0 bridgehead atoms. The molecule has 1 aromatic carbocycles. The summed E-state index contributed by atoms with van der Waals surface area (Å²) in [5.41, 5.74) is 0. The third-order valence-electron chi connectivity index (χ3n) is 4.12. The van der Waals surface area contributed by atoms with Crippen LogP contribution in [0.2, 0.25) is 10.0 Å². The van der Waals surface area contributed by atoms with Gasteiger partial charge in [0.1, 0.15) is 11.6 Å². The van der Waals surface area contributed by atoms with E-state index in [2.05, 4.69) is 16.8 Å². The lowest BCUT2D eigenvalue weighted by atomic mass is 10.1. The maximum atomic E-state index is 11.8. The van der Waals surface area contributed by atoms with Crippen LogP contribution in [0.4, 0.5) is 0 Å². The van der Waals surface area contributed by atoms with Crippen LogP contribution in [0.15, 0.2) is 36.0 Å². The van der Waals surface area contributed by atoms with E-state index < -0.39 is 9.84 Å². The molecule has 2 heterocycles. The van der Waals surface area contributed by atoms with Gasteiger partial charge in [0.25, 0.3) is 0 Å². The standard InChI is InChI=1S/C17H19Cl2N3O3S2/c1-2-6-22-16(12-5-9-27(23,24)11-12)20-21-17(22)26-8-7-25-15-4-3-13(18)10-14(15)19/h2-4,10,12H,1,5-9,11H2/t12-/m0/s1. The first-order valence-corrected chi connectivity index (χ1v) is 11.9. The molecule has 10 heteroatoms. The fraction of sp³-hybridized carbons (Fsp3) is 0.412. The van der Waals surface area contributed by atoms with E-state index in [1.54, 1.807) is 24.3 Å². The minimum atomic E-state index is -2.98. The highest BCUT2D eigenvalue weighted by Crippen LogP contribution is 2.31. The van der Waals surface area contributed by atoms with E-state index in [0.29, 0.717) is 46.9 Å². The number of halogens is 2. The lowest BCUT2D eigenvalue weighted by molar-refractivity contribution is 0.344. The van der Waals surface area contributed by atoms with Crippen molar-refractivity contribution in [3.63, 3.8) is 0 Å². The summed E-state index contributed by atoms with van der Waals surface area (Å²) in [6, 6.07) is 5.08. The van der Waals surface area contributed by atoms with Crippen molar-refractivity contribution in [2.24, 2.45) is 0 Å².